The fraction of sp³-hybridized carbons (Fsp3) is 0.316. The zero-order chi connectivity index (χ0) is 30.8. The number of carbonyl (C=O) groups excluding carboxylic acids is 2. The van der Waals surface area contributed by atoms with E-state index in [-0.39, 0.29) is 11.8 Å². The van der Waals surface area contributed by atoms with E-state index in [1.807, 2.05) is 0 Å². The van der Waals surface area contributed by atoms with Crippen LogP contribution in [-0.4, -0.2) is 38.2 Å². The van der Waals surface area contributed by atoms with Gasteiger partial charge in [-0.25, -0.2) is 0 Å². The van der Waals surface area contributed by atoms with E-state index >= 15 is 0 Å². The number of benzene rings is 4. The third kappa shape index (κ3) is 4.92. The molecule has 0 spiro atoms. The van der Waals surface area contributed by atoms with Crippen molar-refractivity contribution < 1.29 is 9.59 Å². The summed E-state index contributed by atoms with van der Waals surface area (Å²) in [6.07, 6.45) is 2.38. The van der Waals surface area contributed by atoms with Gasteiger partial charge in [0.25, 0.3) is 0 Å². The summed E-state index contributed by atoms with van der Waals surface area (Å²) in [5.41, 5.74) is 14.9. The minimum Gasteiger partial charge on any atom is -0.355 e. The molecule has 8 nitrogen and oxygen atoms in total. The molecule has 11 aliphatic rings. The SMILES string of the molecule is O=C1Cc2ccc3c(c2)CN2CN3Cc3cc(ccc32)CC(=O)NCCc2ccc3c(c2)CN2CN3Cc3cc(ccc32)CCN1. The van der Waals surface area contributed by atoms with Gasteiger partial charge in [0, 0.05) is 62.0 Å². The summed E-state index contributed by atoms with van der Waals surface area (Å²) in [6.45, 7) is 6.38. The molecule has 0 aromatic heterocycles. The van der Waals surface area contributed by atoms with Crippen molar-refractivity contribution in [1.82, 2.24) is 10.6 Å². The molecule has 16 bridgehead atoms. The Balaban J connectivity index is 0.999. The molecular formula is C38H38N6O2. The van der Waals surface area contributed by atoms with Crippen molar-refractivity contribution in [3.8, 4) is 0 Å². The topological polar surface area (TPSA) is 71.2 Å². The van der Waals surface area contributed by atoms with Crippen molar-refractivity contribution in [3.05, 3.63) is 117 Å². The molecule has 0 saturated carbocycles. The monoisotopic (exact) mass is 610 g/mol. The minimum atomic E-state index is 0.0623. The highest BCUT2D eigenvalue weighted by atomic mass is 16.2. The Hall–Kier alpha value is -4.98. The van der Waals surface area contributed by atoms with Gasteiger partial charge in [0.15, 0.2) is 0 Å². The van der Waals surface area contributed by atoms with Crippen molar-refractivity contribution in [2.45, 2.75) is 51.9 Å². The molecule has 46 heavy (non-hydrogen) atoms. The summed E-state index contributed by atoms with van der Waals surface area (Å²) in [6, 6.07) is 26.6. The van der Waals surface area contributed by atoms with Crippen molar-refractivity contribution >= 4 is 34.6 Å². The molecular weight excluding hydrogens is 572 g/mol. The number of nitrogens with one attached hydrogen (secondary N) is 2. The van der Waals surface area contributed by atoms with Gasteiger partial charge in [-0.2, -0.15) is 0 Å². The number of carbonyl (C=O) groups is 2. The van der Waals surface area contributed by atoms with Crippen LogP contribution >= 0.6 is 0 Å². The van der Waals surface area contributed by atoms with Crippen molar-refractivity contribution in [3.63, 3.8) is 0 Å². The second-order valence-electron chi connectivity index (χ2n) is 13.5. The predicted octanol–water partition coefficient (Wildman–Crippen LogP) is 4.40. The average Bonchev–Trinajstić information content (AvgIpc) is 3.04. The average molecular weight is 611 g/mol. The van der Waals surface area contributed by atoms with Crippen LogP contribution in [0.3, 0.4) is 0 Å². The van der Waals surface area contributed by atoms with Crippen LogP contribution in [0.1, 0.15) is 44.5 Å². The van der Waals surface area contributed by atoms with Gasteiger partial charge in [0.2, 0.25) is 11.8 Å². The Labute approximate surface area is 269 Å². The van der Waals surface area contributed by atoms with Crippen LogP contribution in [-0.2, 0) is 61.5 Å². The molecule has 2 amide bonds. The minimum absolute atomic E-state index is 0.0623. The Morgan fingerprint density at radius 3 is 1.13 bits per heavy atom. The smallest absolute Gasteiger partial charge is 0.224 e. The lowest BCUT2D eigenvalue weighted by Crippen LogP contribution is -2.46. The number of nitrogens with zero attached hydrogens (tertiary/aromatic N) is 4. The van der Waals surface area contributed by atoms with Gasteiger partial charge in [-0.1, -0.05) is 48.5 Å². The number of amides is 2. The molecule has 0 atom stereocenters. The van der Waals surface area contributed by atoms with E-state index in [2.05, 4.69) is 103 Å². The van der Waals surface area contributed by atoms with Crippen LogP contribution < -0.4 is 30.2 Å². The number of rotatable bonds is 0. The Morgan fingerprint density at radius 1 is 0.435 bits per heavy atom. The van der Waals surface area contributed by atoms with Gasteiger partial charge in [0.1, 0.15) is 0 Å². The maximum atomic E-state index is 13.0. The summed E-state index contributed by atoms with van der Waals surface area (Å²) in [5, 5.41) is 6.34. The largest absolute Gasteiger partial charge is 0.355 e. The zero-order valence-corrected chi connectivity index (χ0v) is 26.0. The van der Waals surface area contributed by atoms with E-state index in [0.717, 1.165) is 63.5 Å². The molecule has 0 fully saturated rings. The fourth-order valence-electron chi connectivity index (χ4n) is 8.10. The van der Waals surface area contributed by atoms with E-state index in [0.29, 0.717) is 25.9 Å². The highest BCUT2D eigenvalue weighted by Gasteiger charge is 2.31. The van der Waals surface area contributed by atoms with Gasteiger partial charge in [-0.15, -0.1) is 0 Å². The van der Waals surface area contributed by atoms with E-state index < -0.39 is 0 Å². The van der Waals surface area contributed by atoms with E-state index in [1.54, 1.807) is 0 Å². The van der Waals surface area contributed by atoms with Crippen molar-refractivity contribution in [2.75, 3.05) is 46.0 Å². The Kier molecular flexibility index (Phi) is 6.43. The molecule has 0 aliphatic carbocycles. The van der Waals surface area contributed by atoms with Crippen LogP contribution in [0, 0.1) is 0 Å². The Bertz CT molecular complexity index is 1770. The summed E-state index contributed by atoms with van der Waals surface area (Å²) < 4.78 is 0. The third-order valence-corrected chi connectivity index (χ3v) is 10.3. The molecule has 4 aromatic rings. The van der Waals surface area contributed by atoms with Crippen molar-refractivity contribution in [2.24, 2.45) is 0 Å². The first-order valence-electron chi connectivity index (χ1n) is 16.5. The molecule has 8 heteroatoms. The number of anilines is 4. The third-order valence-electron chi connectivity index (χ3n) is 10.3. The van der Waals surface area contributed by atoms with Gasteiger partial charge in [-0.05, 0) is 81.6 Å². The van der Waals surface area contributed by atoms with E-state index in [9.17, 15) is 9.59 Å². The first-order chi connectivity index (χ1) is 22.5. The van der Waals surface area contributed by atoms with Crippen LogP contribution in [0.4, 0.5) is 22.7 Å². The van der Waals surface area contributed by atoms with Gasteiger partial charge in [0.05, 0.1) is 26.2 Å². The van der Waals surface area contributed by atoms with Crippen molar-refractivity contribution in [1.29, 1.82) is 0 Å². The van der Waals surface area contributed by atoms with Gasteiger partial charge >= 0.3 is 0 Å². The molecule has 0 radical (unpaired) electrons. The summed E-state index contributed by atoms with van der Waals surface area (Å²) in [4.78, 5) is 35.7. The second kappa shape index (κ2) is 10.8. The van der Waals surface area contributed by atoms with Gasteiger partial charge < -0.3 is 30.2 Å². The van der Waals surface area contributed by atoms with Crippen LogP contribution in [0.5, 0.6) is 0 Å². The van der Waals surface area contributed by atoms with E-state index in [4.69, 9.17) is 0 Å². The highest BCUT2D eigenvalue weighted by molar-refractivity contribution is 5.80. The second-order valence-corrected chi connectivity index (χ2v) is 13.5. The molecule has 4 aromatic carbocycles. The summed E-state index contributed by atoms with van der Waals surface area (Å²) >= 11 is 0. The molecule has 0 unspecified atom stereocenters. The highest BCUT2D eigenvalue weighted by Crippen LogP contribution is 2.40. The number of hydrogen-bond acceptors (Lipinski definition) is 6. The maximum absolute atomic E-state index is 13.0. The lowest BCUT2D eigenvalue weighted by molar-refractivity contribution is -0.121. The van der Waals surface area contributed by atoms with Crippen LogP contribution in [0.15, 0.2) is 72.8 Å². The lowest BCUT2D eigenvalue weighted by Gasteiger charge is -2.45. The van der Waals surface area contributed by atoms with Crippen LogP contribution in [0.2, 0.25) is 0 Å². The maximum Gasteiger partial charge on any atom is 0.224 e. The molecule has 15 rings (SSSR count). The Morgan fingerprint density at radius 2 is 0.761 bits per heavy atom. The first-order valence-corrected chi connectivity index (χ1v) is 16.5. The summed E-state index contributed by atoms with van der Waals surface area (Å²) in [7, 11) is 0. The standard InChI is InChI=1S/C38H38N6O2/c45-37-17-27-3-7-35-31(15-27)21-43-24-44(35)22-32-16-28(4-8-36(32)43)18-38(46)40-12-10-26-2-6-34-30(14-26)20-41-23-42(34)19-29-13-25(9-11-39-37)1-5-33(29)41/h1-8,13-16H,9-12,17-24H2,(H,39,45)(H,40,46). The van der Waals surface area contributed by atoms with Gasteiger partial charge in [-0.3, -0.25) is 9.59 Å². The van der Waals surface area contributed by atoms with Crippen LogP contribution in [0.25, 0.3) is 0 Å². The molecule has 11 heterocycles. The molecule has 11 aliphatic heterocycles. The quantitative estimate of drug-likeness (QED) is 0.308. The lowest BCUT2D eigenvalue weighted by atomic mass is 9.97. The normalized spacial score (nSPS) is 18.5. The fourth-order valence-corrected chi connectivity index (χ4v) is 8.10. The predicted molar refractivity (Wildman–Crippen MR) is 181 cm³/mol. The summed E-state index contributed by atoms with van der Waals surface area (Å²) in [5.74, 6) is 0.125. The van der Waals surface area contributed by atoms with E-state index in [1.165, 1.54) is 56.1 Å². The zero-order valence-electron chi connectivity index (χ0n) is 26.0. The molecule has 2 N–H and O–H groups in total. The number of hydrogen-bond donors (Lipinski definition) is 2. The first kappa shape index (κ1) is 27.3. The molecule has 0 saturated heterocycles. The molecule has 232 valence electrons.